The predicted octanol–water partition coefficient (Wildman–Crippen LogP) is 4.86. The summed E-state index contributed by atoms with van der Waals surface area (Å²) in [6.07, 6.45) is 18.5. The Morgan fingerprint density at radius 3 is 2.14 bits per heavy atom. The van der Waals surface area contributed by atoms with Crippen molar-refractivity contribution < 1.29 is 15.0 Å². The summed E-state index contributed by atoms with van der Waals surface area (Å²) in [5.41, 5.74) is 0. The Morgan fingerprint density at radius 2 is 1.52 bits per heavy atom. The van der Waals surface area contributed by atoms with E-state index < -0.39 is 5.97 Å². The van der Waals surface area contributed by atoms with E-state index >= 15 is 0 Å². The molecule has 0 aliphatic rings. The lowest BCUT2D eigenvalue weighted by molar-refractivity contribution is -0.137. The first-order chi connectivity index (χ1) is 10.2. The second-order valence-electron chi connectivity index (χ2n) is 5.53. The van der Waals surface area contributed by atoms with Crippen LogP contribution >= 0.6 is 0 Å². The average Bonchev–Trinajstić information content (AvgIpc) is 2.44. The fourth-order valence-electron chi connectivity index (χ4n) is 2.10. The highest BCUT2D eigenvalue weighted by Gasteiger charge is 2.01. The Labute approximate surface area is 129 Å². The molecule has 0 saturated carbocycles. The SMILES string of the molecule is CCCCCC(O)CC/C=C\CC/C=C/CCCC(=O)O. The molecule has 0 radical (unpaired) electrons. The number of aliphatic carboxylic acids is 1. The molecule has 1 atom stereocenters. The lowest BCUT2D eigenvalue weighted by atomic mass is 10.1. The minimum atomic E-state index is -0.719. The maximum absolute atomic E-state index is 10.3. The van der Waals surface area contributed by atoms with E-state index in [0.717, 1.165) is 51.4 Å². The van der Waals surface area contributed by atoms with Crippen LogP contribution in [0, 0.1) is 0 Å². The lowest BCUT2D eigenvalue weighted by Gasteiger charge is -2.07. The zero-order valence-corrected chi connectivity index (χ0v) is 13.5. The van der Waals surface area contributed by atoms with Crippen LogP contribution in [0.2, 0.25) is 0 Å². The highest BCUT2D eigenvalue weighted by Crippen LogP contribution is 2.09. The van der Waals surface area contributed by atoms with Crippen LogP contribution in [0.25, 0.3) is 0 Å². The van der Waals surface area contributed by atoms with Gasteiger partial charge in [0.15, 0.2) is 0 Å². The van der Waals surface area contributed by atoms with Gasteiger partial charge in [-0.2, -0.15) is 0 Å². The van der Waals surface area contributed by atoms with Crippen LogP contribution in [-0.4, -0.2) is 22.3 Å². The fraction of sp³-hybridized carbons (Fsp3) is 0.722. The van der Waals surface area contributed by atoms with E-state index in [4.69, 9.17) is 5.11 Å². The Morgan fingerprint density at radius 1 is 0.905 bits per heavy atom. The summed E-state index contributed by atoms with van der Waals surface area (Å²) in [5.74, 6) is -0.719. The highest BCUT2D eigenvalue weighted by atomic mass is 16.4. The zero-order valence-electron chi connectivity index (χ0n) is 13.5. The molecule has 0 aromatic carbocycles. The summed E-state index contributed by atoms with van der Waals surface area (Å²) < 4.78 is 0. The number of aliphatic hydroxyl groups excluding tert-OH is 1. The molecule has 3 heteroatoms. The first-order valence-corrected chi connectivity index (χ1v) is 8.36. The van der Waals surface area contributed by atoms with Crippen molar-refractivity contribution in [1.29, 1.82) is 0 Å². The van der Waals surface area contributed by atoms with Gasteiger partial charge in [0.05, 0.1) is 6.10 Å². The van der Waals surface area contributed by atoms with Gasteiger partial charge in [-0.1, -0.05) is 50.5 Å². The number of unbranched alkanes of at least 4 members (excludes halogenated alkanes) is 4. The normalized spacial score (nSPS) is 13.2. The van der Waals surface area contributed by atoms with Crippen LogP contribution in [0.1, 0.15) is 77.6 Å². The van der Waals surface area contributed by atoms with Crippen molar-refractivity contribution in [3.8, 4) is 0 Å². The number of hydrogen-bond donors (Lipinski definition) is 2. The van der Waals surface area contributed by atoms with E-state index in [2.05, 4.69) is 31.2 Å². The fourth-order valence-corrected chi connectivity index (χ4v) is 2.10. The van der Waals surface area contributed by atoms with Crippen molar-refractivity contribution in [3.63, 3.8) is 0 Å². The first kappa shape index (κ1) is 19.9. The van der Waals surface area contributed by atoms with Gasteiger partial charge < -0.3 is 10.2 Å². The Bertz CT molecular complexity index is 295. The third-order valence-electron chi connectivity index (χ3n) is 3.40. The zero-order chi connectivity index (χ0) is 15.8. The summed E-state index contributed by atoms with van der Waals surface area (Å²) in [6.45, 7) is 2.18. The molecule has 0 saturated heterocycles. The van der Waals surface area contributed by atoms with Crippen LogP contribution in [0.5, 0.6) is 0 Å². The summed E-state index contributed by atoms with van der Waals surface area (Å²) >= 11 is 0. The third kappa shape index (κ3) is 16.9. The molecule has 1 unspecified atom stereocenters. The van der Waals surface area contributed by atoms with Crippen molar-refractivity contribution >= 4 is 5.97 Å². The number of aliphatic hydroxyl groups is 1. The number of carbonyl (C=O) groups is 1. The average molecular weight is 296 g/mol. The summed E-state index contributed by atoms with van der Waals surface area (Å²) in [7, 11) is 0. The molecule has 0 rings (SSSR count). The van der Waals surface area contributed by atoms with Gasteiger partial charge in [0.2, 0.25) is 0 Å². The van der Waals surface area contributed by atoms with Crippen molar-refractivity contribution in [2.24, 2.45) is 0 Å². The van der Waals surface area contributed by atoms with Gasteiger partial charge in [0.1, 0.15) is 0 Å². The highest BCUT2D eigenvalue weighted by molar-refractivity contribution is 5.66. The summed E-state index contributed by atoms with van der Waals surface area (Å²) in [6, 6.07) is 0. The van der Waals surface area contributed by atoms with E-state index in [1.807, 2.05) is 0 Å². The van der Waals surface area contributed by atoms with Crippen LogP contribution in [0.3, 0.4) is 0 Å². The Hall–Kier alpha value is -1.09. The van der Waals surface area contributed by atoms with E-state index in [1.165, 1.54) is 12.8 Å². The van der Waals surface area contributed by atoms with Gasteiger partial charge in [-0.15, -0.1) is 0 Å². The minimum absolute atomic E-state index is 0.143. The van der Waals surface area contributed by atoms with Crippen molar-refractivity contribution in [3.05, 3.63) is 24.3 Å². The molecule has 122 valence electrons. The first-order valence-electron chi connectivity index (χ1n) is 8.36. The third-order valence-corrected chi connectivity index (χ3v) is 3.40. The van der Waals surface area contributed by atoms with Crippen molar-refractivity contribution in [2.75, 3.05) is 0 Å². The van der Waals surface area contributed by atoms with E-state index in [1.54, 1.807) is 0 Å². The molecule has 0 aromatic rings. The van der Waals surface area contributed by atoms with Gasteiger partial charge >= 0.3 is 5.97 Å². The number of carboxylic acid groups (broad SMARTS) is 1. The molecule has 0 fully saturated rings. The molecule has 0 aromatic heterocycles. The van der Waals surface area contributed by atoms with Crippen LogP contribution in [0.4, 0.5) is 0 Å². The molecule has 3 nitrogen and oxygen atoms in total. The summed E-state index contributed by atoms with van der Waals surface area (Å²) in [4.78, 5) is 10.3. The molecular weight excluding hydrogens is 264 g/mol. The van der Waals surface area contributed by atoms with Gasteiger partial charge in [0.25, 0.3) is 0 Å². The number of hydrogen-bond acceptors (Lipinski definition) is 2. The Kier molecular flexibility index (Phi) is 14.5. The van der Waals surface area contributed by atoms with Crippen LogP contribution in [-0.2, 0) is 4.79 Å². The second-order valence-corrected chi connectivity index (χ2v) is 5.53. The molecule has 0 amide bonds. The molecule has 0 heterocycles. The second kappa shape index (κ2) is 15.3. The van der Waals surface area contributed by atoms with E-state index in [0.29, 0.717) is 0 Å². The number of allylic oxidation sites excluding steroid dienone is 4. The van der Waals surface area contributed by atoms with E-state index in [-0.39, 0.29) is 12.5 Å². The molecule has 0 bridgehead atoms. The van der Waals surface area contributed by atoms with E-state index in [9.17, 15) is 9.90 Å². The number of carboxylic acids is 1. The quantitative estimate of drug-likeness (QED) is 0.355. The summed E-state index contributed by atoms with van der Waals surface area (Å²) in [5, 5.41) is 18.2. The molecule has 0 aliphatic carbocycles. The van der Waals surface area contributed by atoms with Gasteiger partial charge in [-0.05, 0) is 44.9 Å². The largest absolute Gasteiger partial charge is 0.481 e. The topological polar surface area (TPSA) is 57.5 Å². The Balaban J connectivity index is 3.35. The molecule has 21 heavy (non-hydrogen) atoms. The van der Waals surface area contributed by atoms with Crippen LogP contribution in [0.15, 0.2) is 24.3 Å². The molecule has 2 N–H and O–H groups in total. The predicted molar refractivity (Wildman–Crippen MR) is 88.4 cm³/mol. The van der Waals surface area contributed by atoms with Crippen molar-refractivity contribution in [2.45, 2.75) is 83.7 Å². The minimum Gasteiger partial charge on any atom is -0.481 e. The van der Waals surface area contributed by atoms with Gasteiger partial charge in [-0.3, -0.25) is 4.79 Å². The molecule has 0 aliphatic heterocycles. The van der Waals surface area contributed by atoms with Gasteiger partial charge in [-0.25, -0.2) is 0 Å². The smallest absolute Gasteiger partial charge is 0.303 e. The maximum atomic E-state index is 10.3. The lowest BCUT2D eigenvalue weighted by Crippen LogP contribution is -2.05. The standard InChI is InChI=1S/C18H32O3/c1-2-3-11-14-17(19)15-12-9-7-5-4-6-8-10-13-16-18(20)21/h6-9,17,19H,2-5,10-16H2,1H3,(H,20,21)/b8-6+,9-7-. The molecular formula is C18H32O3. The van der Waals surface area contributed by atoms with Crippen molar-refractivity contribution in [1.82, 2.24) is 0 Å². The number of rotatable bonds is 14. The molecule has 0 spiro atoms. The van der Waals surface area contributed by atoms with Gasteiger partial charge in [0, 0.05) is 6.42 Å². The monoisotopic (exact) mass is 296 g/mol. The maximum Gasteiger partial charge on any atom is 0.303 e. The van der Waals surface area contributed by atoms with Crippen LogP contribution < -0.4 is 0 Å².